The van der Waals surface area contributed by atoms with E-state index in [-0.39, 0.29) is 22.7 Å². The summed E-state index contributed by atoms with van der Waals surface area (Å²) in [5, 5.41) is 14.8. The highest BCUT2D eigenvalue weighted by Gasteiger charge is 2.18. The lowest BCUT2D eigenvalue weighted by Crippen LogP contribution is -2.29. The van der Waals surface area contributed by atoms with Gasteiger partial charge in [-0.3, -0.25) is 9.52 Å². The number of sulfonamides is 1. The second-order valence-electron chi connectivity index (χ2n) is 6.78. The van der Waals surface area contributed by atoms with Gasteiger partial charge in [0.1, 0.15) is 17.7 Å². The van der Waals surface area contributed by atoms with Crippen LogP contribution >= 0.6 is 0 Å². The van der Waals surface area contributed by atoms with Gasteiger partial charge < -0.3 is 10.6 Å². The summed E-state index contributed by atoms with van der Waals surface area (Å²) in [5.41, 5.74) is 1.41. The van der Waals surface area contributed by atoms with Crippen molar-refractivity contribution in [3.05, 3.63) is 83.3 Å². The zero-order valence-electron chi connectivity index (χ0n) is 17.1. The molecule has 0 aliphatic heterocycles. The number of nitrogens with zero attached hydrogens (tertiary/aromatic N) is 2. The summed E-state index contributed by atoms with van der Waals surface area (Å²) < 4.78 is 40.7. The van der Waals surface area contributed by atoms with Gasteiger partial charge in [0.25, 0.3) is 15.9 Å². The van der Waals surface area contributed by atoms with E-state index in [1.54, 1.807) is 31.3 Å². The van der Waals surface area contributed by atoms with Crippen LogP contribution in [-0.4, -0.2) is 32.4 Å². The Balaban J connectivity index is 1.66. The van der Waals surface area contributed by atoms with Crippen molar-refractivity contribution >= 4 is 27.4 Å². The van der Waals surface area contributed by atoms with E-state index < -0.39 is 21.7 Å². The molecule has 1 amide bonds. The Bertz CT molecular complexity index is 1270. The van der Waals surface area contributed by atoms with Crippen molar-refractivity contribution in [2.75, 3.05) is 23.1 Å². The van der Waals surface area contributed by atoms with Crippen molar-refractivity contribution in [1.82, 2.24) is 10.3 Å². The highest BCUT2D eigenvalue weighted by molar-refractivity contribution is 7.92. The van der Waals surface area contributed by atoms with Gasteiger partial charge in [0.15, 0.2) is 0 Å². The lowest BCUT2D eigenvalue weighted by molar-refractivity contribution is 0.0954. The van der Waals surface area contributed by atoms with Gasteiger partial charge in [-0.05, 0) is 61.0 Å². The van der Waals surface area contributed by atoms with Crippen LogP contribution in [0.2, 0.25) is 0 Å². The highest BCUT2D eigenvalue weighted by atomic mass is 32.2. The Kier molecular flexibility index (Phi) is 7.02. The normalized spacial score (nSPS) is 10.8. The molecule has 0 saturated carbocycles. The van der Waals surface area contributed by atoms with Crippen molar-refractivity contribution in [3.63, 3.8) is 0 Å². The maximum absolute atomic E-state index is 13.0. The Morgan fingerprint density at radius 3 is 2.59 bits per heavy atom. The first-order valence-electron chi connectivity index (χ1n) is 9.56. The summed E-state index contributed by atoms with van der Waals surface area (Å²) in [4.78, 5) is 16.6. The number of aromatic nitrogens is 1. The maximum atomic E-state index is 13.0. The molecule has 0 atom stereocenters. The smallest absolute Gasteiger partial charge is 0.261 e. The molecule has 0 radical (unpaired) electrons. The van der Waals surface area contributed by atoms with Crippen LogP contribution in [0.5, 0.6) is 0 Å². The fraction of sp³-hybridized carbons (Fsp3) is 0.136. The Morgan fingerprint density at radius 1 is 1.12 bits per heavy atom. The molecule has 2 aromatic carbocycles. The quantitative estimate of drug-likeness (QED) is 0.451. The first-order valence-corrected chi connectivity index (χ1v) is 11.0. The maximum Gasteiger partial charge on any atom is 0.261 e. The van der Waals surface area contributed by atoms with E-state index in [0.29, 0.717) is 23.5 Å². The minimum Gasteiger partial charge on any atom is -0.367 e. The van der Waals surface area contributed by atoms with Crippen LogP contribution < -0.4 is 15.4 Å². The Hall–Kier alpha value is -3.97. The molecule has 10 heteroatoms. The summed E-state index contributed by atoms with van der Waals surface area (Å²) in [6, 6.07) is 14.4. The van der Waals surface area contributed by atoms with E-state index in [9.17, 15) is 17.6 Å². The zero-order chi connectivity index (χ0) is 23.1. The van der Waals surface area contributed by atoms with Crippen molar-refractivity contribution in [1.29, 1.82) is 5.26 Å². The van der Waals surface area contributed by atoms with Gasteiger partial charge >= 0.3 is 0 Å². The van der Waals surface area contributed by atoms with E-state index in [1.807, 2.05) is 6.07 Å². The molecular weight excluding hydrogens is 433 g/mol. The third-order valence-electron chi connectivity index (χ3n) is 4.49. The number of pyridine rings is 1. The van der Waals surface area contributed by atoms with E-state index in [4.69, 9.17) is 5.26 Å². The Morgan fingerprint density at radius 2 is 1.88 bits per heavy atom. The lowest BCUT2D eigenvalue weighted by Gasteiger charge is -2.12. The molecule has 0 fully saturated rings. The molecule has 164 valence electrons. The molecule has 0 bridgehead atoms. The van der Waals surface area contributed by atoms with E-state index >= 15 is 0 Å². The molecule has 8 nitrogen and oxygen atoms in total. The second kappa shape index (κ2) is 9.89. The number of carbonyl (C=O) groups is 1. The molecule has 3 rings (SSSR count). The molecular formula is C22H20FN5O3S. The molecule has 3 N–H and O–H groups in total. The molecule has 3 aromatic rings. The first kappa shape index (κ1) is 22.7. The molecule has 0 unspecified atom stereocenters. The summed E-state index contributed by atoms with van der Waals surface area (Å²) in [5.74, 6) is -0.506. The molecule has 1 heterocycles. The number of hydrogen-bond acceptors (Lipinski definition) is 6. The van der Waals surface area contributed by atoms with Gasteiger partial charge in [0, 0.05) is 30.5 Å². The fourth-order valence-corrected chi connectivity index (χ4v) is 3.92. The molecule has 0 aliphatic rings. The average Bonchev–Trinajstić information content (AvgIpc) is 2.78. The summed E-state index contributed by atoms with van der Waals surface area (Å²) in [6.07, 6.45) is 1.55. The standard InChI is InChI=1S/C22H20FN5O3S/c1-15-4-9-19(32(30,31)28-18-7-5-17(23)6-8-18)13-20(15)22(29)27-12-11-26-21-16(14-24)3-2-10-25-21/h2-10,13,28H,11-12H2,1H3,(H,25,26)(H,27,29). The van der Waals surface area contributed by atoms with Crippen LogP contribution in [0.15, 0.2) is 65.7 Å². The van der Waals surface area contributed by atoms with Crippen LogP contribution in [0.25, 0.3) is 0 Å². The van der Waals surface area contributed by atoms with Gasteiger partial charge in [0.2, 0.25) is 0 Å². The van der Waals surface area contributed by atoms with Crippen molar-refractivity contribution < 1.29 is 17.6 Å². The van der Waals surface area contributed by atoms with Crippen molar-refractivity contribution in [2.24, 2.45) is 0 Å². The molecule has 0 saturated heterocycles. The SMILES string of the molecule is Cc1ccc(S(=O)(=O)Nc2ccc(F)cc2)cc1C(=O)NCCNc1ncccc1C#N. The van der Waals surface area contributed by atoms with Crippen LogP contribution in [0.1, 0.15) is 21.5 Å². The highest BCUT2D eigenvalue weighted by Crippen LogP contribution is 2.20. The van der Waals surface area contributed by atoms with Gasteiger partial charge in [0.05, 0.1) is 10.5 Å². The number of anilines is 2. The topological polar surface area (TPSA) is 124 Å². The fourth-order valence-electron chi connectivity index (χ4n) is 2.83. The minimum absolute atomic E-state index is 0.0946. The van der Waals surface area contributed by atoms with Gasteiger partial charge in [-0.1, -0.05) is 6.07 Å². The minimum atomic E-state index is -3.97. The summed E-state index contributed by atoms with van der Waals surface area (Å²) in [6.45, 7) is 2.25. The van der Waals surface area contributed by atoms with Gasteiger partial charge in [-0.2, -0.15) is 5.26 Å². The molecule has 1 aromatic heterocycles. The number of nitrogens with one attached hydrogen (secondary N) is 3. The monoisotopic (exact) mass is 453 g/mol. The van der Waals surface area contributed by atoms with Crippen LogP contribution in [0.3, 0.4) is 0 Å². The van der Waals surface area contributed by atoms with E-state index in [1.165, 1.54) is 24.3 Å². The van der Waals surface area contributed by atoms with Crippen LogP contribution in [0, 0.1) is 24.1 Å². The third kappa shape index (κ3) is 5.59. The number of carbonyl (C=O) groups excluding carboxylic acids is 1. The first-order chi connectivity index (χ1) is 15.3. The summed E-state index contributed by atoms with van der Waals surface area (Å²) >= 11 is 0. The van der Waals surface area contributed by atoms with Crippen molar-refractivity contribution in [3.8, 4) is 6.07 Å². The Labute approximate surface area is 185 Å². The number of halogens is 1. The number of amides is 1. The predicted octanol–water partition coefficient (Wildman–Crippen LogP) is 3.04. The van der Waals surface area contributed by atoms with Gasteiger partial charge in [-0.25, -0.2) is 17.8 Å². The molecule has 0 aliphatic carbocycles. The van der Waals surface area contributed by atoms with Crippen molar-refractivity contribution in [2.45, 2.75) is 11.8 Å². The second-order valence-corrected chi connectivity index (χ2v) is 8.47. The number of benzene rings is 2. The van der Waals surface area contributed by atoms with E-state index in [0.717, 1.165) is 12.1 Å². The van der Waals surface area contributed by atoms with Gasteiger partial charge in [-0.15, -0.1) is 0 Å². The number of aryl methyl sites for hydroxylation is 1. The molecule has 32 heavy (non-hydrogen) atoms. The van der Waals surface area contributed by atoms with Crippen LogP contribution in [0.4, 0.5) is 15.9 Å². The van der Waals surface area contributed by atoms with E-state index in [2.05, 4.69) is 20.3 Å². The molecule has 0 spiro atoms. The zero-order valence-corrected chi connectivity index (χ0v) is 17.9. The number of nitriles is 1. The third-order valence-corrected chi connectivity index (χ3v) is 5.87. The lowest BCUT2D eigenvalue weighted by atomic mass is 10.1. The number of hydrogen-bond donors (Lipinski definition) is 3. The largest absolute Gasteiger partial charge is 0.367 e. The average molecular weight is 453 g/mol. The number of rotatable bonds is 8. The van der Waals surface area contributed by atoms with Crippen LogP contribution in [-0.2, 0) is 10.0 Å². The summed E-state index contributed by atoms with van der Waals surface area (Å²) in [7, 11) is -3.97. The predicted molar refractivity (Wildman–Crippen MR) is 118 cm³/mol.